The minimum atomic E-state index is -0.998. The quantitative estimate of drug-likeness (QED) is 0.581. The van der Waals surface area contributed by atoms with Crippen molar-refractivity contribution in [3.05, 3.63) is 0 Å². The summed E-state index contributed by atoms with van der Waals surface area (Å²) in [6.07, 6.45) is 0.135. The first-order valence-electron chi connectivity index (χ1n) is 4.86. The number of hydrogen-bond donors (Lipinski definition) is 3. The highest BCUT2D eigenvalue weighted by Crippen LogP contribution is 1.96. The number of nitrogens with one attached hydrogen (secondary N) is 1. The van der Waals surface area contributed by atoms with Crippen LogP contribution in [0.25, 0.3) is 0 Å². The maximum atomic E-state index is 11.1. The zero-order valence-electron chi connectivity index (χ0n) is 8.69. The first-order valence-corrected chi connectivity index (χ1v) is 4.86. The van der Waals surface area contributed by atoms with E-state index < -0.39 is 18.8 Å². The molecule has 0 aliphatic carbocycles. The molecular formula is C9H19NO4. The molecule has 5 heteroatoms. The molecule has 0 heterocycles. The van der Waals surface area contributed by atoms with Crippen LogP contribution in [0.1, 0.15) is 26.7 Å². The van der Waals surface area contributed by atoms with Gasteiger partial charge in [0.25, 0.3) is 0 Å². The second kappa shape index (κ2) is 7.58. The van der Waals surface area contributed by atoms with Crippen LogP contribution in [0.4, 0.5) is 4.79 Å². The molecule has 0 radical (unpaired) electrons. The third-order valence-electron chi connectivity index (χ3n) is 1.93. The Labute approximate surface area is 84.1 Å². The number of carbonyl (C=O) groups excluding carboxylic acids is 1. The molecular weight excluding hydrogens is 186 g/mol. The second-order valence-corrected chi connectivity index (χ2v) is 3.09. The Morgan fingerprint density at radius 2 is 2.00 bits per heavy atom. The Balaban J connectivity index is 3.64. The van der Waals surface area contributed by atoms with Crippen LogP contribution in [0.3, 0.4) is 0 Å². The van der Waals surface area contributed by atoms with Gasteiger partial charge in [-0.1, -0.05) is 13.8 Å². The highest BCUT2D eigenvalue weighted by atomic mass is 16.6. The Morgan fingerprint density at radius 3 is 2.43 bits per heavy atom. The van der Waals surface area contributed by atoms with E-state index in [-0.39, 0.29) is 12.6 Å². The molecule has 0 aromatic heterocycles. The Kier molecular flexibility index (Phi) is 7.14. The van der Waals surface area contributed by atoms with Crippen LogP contribution in [0.15, 0.2) is 0 Å². The van der Waals surface area contributed by atoms with Crippen molar-refractivity contribution in [2.75, 3.05) is 13.2 Å². The van der Waals surface area contributed by atoms with Crippen LogP contribution in [0.5, 0.6) is 0 Å². The van der Waals surface area contributed by atoms with Crippen LogP contribution >= 0.6 is 0 Å². The van der Waals surface area contributed by atoms with Gasteiger partial charge >= 0.3 is 6.09 Å². The topological polar surface area (TPSA) is 78.8 Å². The van der Waals surface area contributed by atoms with E-state index in [9.17, 15) is 4.79 Å². The van der Waals surface area contributed by atoms with E-state index in [0.717, 1.165) is 12.8 Å². The molecule has 0 aliphatic rings. The average molecular weight is 205 g/mol. The predicted molar refractivity (Wildman–Crippen MR) is 51.9 cm³/mol. The van der Waals surface area contributed by atoms with Crippen molar-refractivity contribution in [1.82, 2.24) is 5.32 Å². The van der Waals surface area contributed by atoms with Crippen LogP contribution < -0.4 is 5.32 Å². The highest BCUT2D eigenvalue weighted by Gasteiger charge is 2.10. The summed E-state index contributed by atoms with van der Waals surface area (Å²) >= 11 is 0. The zero-order valence-corrected chi connectivity index (χ0v) is 8.69. The van der Waals surface area contributed by atoms with Crippen molar-refractivity contribution in [2.24, 2.45) is 0 Å². The molecule has 0 rings (SSSR count). The lowest BCUT2D eigenvalue weighted by molar-refractivity contribution is 0.0312. The van der Waals surface area contributed by atoms with Gasteiger partial charge in [-0.2, -0.15) is 0 Å². The third-order valence-corrected chi connectivity index (χ3v) is 1.93. The third kappa shape index (κ3) is 5.77. The average Bonchev–Trinajstić information content (AvgIpc) is 2.22. The van der Waals surface area contributed by atoms with Gasteiger partial charge in [-0.25, -0.2) is 4.79 Å². The largest absolute Gasteiger partial charge is 0.447 e. The fraction of sp³-hybridized carbons (Fsp3) is 0.889. The van der Waals surface area contributed by atoms with Gasteiger partial charge < -0.3 is 20.3 Å². The van der Waals surface area contributed by atoms with Gasteiger partial charge in [0.15, 0.2) is 0 Å². The highest BCUT2D eigenvalue weighted by molar-refractivity contribution is 5.67. The Morgan fingerprint density at radius 1 is 1.43 bits per heavy atom. The van der Waals surface area contributed by atoms with E-state index in [0.29, 0.717) is 0 Å². The molecule has 0 bridgehead atoms. The van der Waals surface area contributed by atoms with Gasteiger partial charge in [0.2, 0.25) is 0 Å². The molecule has 0 saturated heterocycles. The van der Waals surface area contributed by atoms with Gasteiger partial charge in [0.05, 0.1) is 6.61 Å². The van der Waals surface area contributed by atoms with Gasteiger partial charge in [0, 0.05) is 6.04 Å². The number of rotatable bonds is 6. The molecule has 5 nitrogen and oxygen atoms in total. The van der Waals surface area contributed by atoms with Gasteiger partial charge in [0.1, 0.15) is 12.7 Å². The SMILES string of the molecule is CCC(CC)NC(=O)OCC(O)CO. The number of carbonyl (C=O) groups is 1. The molecule has 0 saturated carbocycles. The summed E-state index contributed by atoms with van der Waals surface area (Å²) in [5.41, 5.74) is 0. The van der Waals surface area contributed by atoms with Crippen molar-refractivity contribution < 1.29 is 19.7 Å². The molecule has 84 valence electrons. The fourth-order valence-electron chi connectivity index (χ4n) is 0.926. The monoisotopic (exact) mass is 205 g/mol. The first-order chi connectivity index (χ1) is 6.63. The number of alkyl carbamates (subject to hydrolysis) is 1. The van der Waals surface area contributed by atoms with E-state index in [1.165, 1.54) is 0 Å². The number of amides is 1. The summed E-state index contributed by atoms with van der Waals surface area (Å²) in [7, 11) is 0. The summed E-state index contributed by atoms with van der Waals surface area (Å²) in [4.78, 5) is 11.1. The molecule has 1 amide bonds. The summed E-state index contributed by atoms with van der Waals surface area (Å²) in [5.74, 6) is 0. The summed E-state index contributed by atoms with van der Waals surface area (Å²) in [6.45, 7) is 3.36. The molecule has 0 aromatic rings. The molecule has 1 atom stereocenters. The lowest BCUT2D eigenvalue weighted by Crippen LogP contribution is -2.36. The van der Waals surface area contributed by atoms with Gasteiger partial charge in [-0.3, -0.25) is 0 Å². The number of aliphatic hydroxyl groups is 2. The summed E-state index contributed by atoms with van der Waals surface area (Å²) < 4.78 is 4.67. The number of aliphatic hydroxyl groups excluding tert-OH is 2. The van der Waals surface area contributed by atoms with E-state index >= 15 is 0 Å². The normalized spacial score (nSPS) is 12.6. The molecule has 14 heavy (non-hydrogen) atoms. The number of hydrogen-bond acceptors (Lipinski definition) is 4. The molecule has 0 spiro atoms. The van der Waals surface area contributed by atoms with Crippen molar-refractivity contribution in [2.45, 2.75) is 38.8 Å². The van der Waals surface area contributed by atoms with E-state index in [2.05, 4.69) is 10.1 Å². The fourth-order valence-corrected chi connectivity index (χ4v) is 0.926. The lowest BCUT2D eigenvalue weighted by Gasteiger charge is -2.15. The van der Waals surface area contributed by atoms with Crippen molar-refractivity contribution in [3.63, 3.8) is 0 Å². The maximum absolute atomic E-state index is 11.1. The minimum Gasteiger partial charge on any atom is -0.447 e. The predicted octanol–water partition coefficient (Wildman–Crippen LogP) is 0.254. The first kappa shape index (κ1) is 13.2. The second-order valence-electron chi connectivity index (χ2n) is 3.09. The van der Waals surface area contributed by atoms with E-state index in [4.69, 9.17) is 10.2 Å². The van der Waals surface area contributed by atoms with E-state index in [1.54, 1.807) is 0 Å². The Hall–Kier alpha value is -0.810. The standard InChI is InChI=1S/C9H19NO4/c1-3-7(4-2)10-9(13)14-6-8(12)5-11/h7-8,11-12H,3-6H2,1-2H3,(H,10,13). The lowest BCUT2D eigenvalue weighted by atomic mass is 10.2. The van der Waals surface area contributed by atoms with Crippen molar-refractivity contribution in [3.8, 4) is 0 Å². The van der Waals surface area contributed by atoms with Crippen LogP contribution in [0.2, 0.25) is 0 Å². The molecule has 1 unspecified atom stereocenters. The van der Waals surface area contributed by atoms with Crippen LogP contribution in [0, 0.1) is 0 Å². The summed E-state index contributed by atoms with van der Waals surface area (Å²) in [5, 5.41) is 20.0. The maximum Gasteiger partial charge on any atom is 0.407 e. The molecule has 0 aliphatic heterocycles. The van der Waals surface area contributed by atoms with Crippen LogP contribution in [-0.2, 0) is 4.74 Å². The molecule has 0 fully saturated rings. The minimum absolute atomic E-state index is 0.105. The molecule has 3 N–H and O–H groups in total. The number of ether oxygens (including phenoxy) is 1. The smallest absolute Gasteiger partial charge is 0.407 e. The van der Waals surface area contributed by atoms with Gasteiger partial charge in [-0.05, 0) is 12.8 Å². The zero-order chi connectivity index (χ0) is 11.0. The van der Waals surface area contributed by atoms with Crippen molar-refractivity contribution >= 4 is 6.09 Å². The van der Waals surface area contributed by atoms with Gasteiger partial charge in [-0.15, -0.1) is 0 Å². The summed E-state index contributed by atoms with van der Waals surface area (Å²) in [6, 6.07) is 0.105. The van der Waals surface area contributed by atoms with Crippen LogP contribution in [-0.4, -0.2) is 41.7 Å². The molecule has 0 aromatic carbocycles. The Bertz CT molecular complexity index is 159. The van der Waals surface area contributed by atoms with E-state index in [1.807, 2.05) is 13.8 Å². The van der Waals surface area contributed by atoms with Crippen molar-refractivity contribution in [1.29, 1.82) is 0 Å².